The molecule has 0 aliphatic rings. The van der Waals surface area contributed by atoms with Gasteiger partial charge in [0.1, 0.15) is 0 Å². The molecule has 0 aliphatic heterocycles. The van der Waals surface area contributed by atoms with Crippen LogP contribution in [0.25, 0.3) is 0 Å². The maximum Gasteiger partial charge on any atom is 0 e. The Bertz CT molecular complexity index is 17.9. The molecule has 34 valence electrons. The van der Waals surface area contributed by atoms with E-state index in [9.17, 15) is 0 Å². The van der Waals surface area contributed by atoms with Crippen molar-refractivity contribution in [2.75, 3.05) is 0 Å². The van der Waals surface area contributed by atoms with E-state index in [1.165, 1.54) is 6.42 Å². The zero-order chi connectivity index (χ0) is 4.28. The number of hydrogen-bond acceptors (Lipinski definition) is 0. The summed E-state index contributed by atoms with van der Waals surface area (Å²) in [5.74, 6) is 0.884. The van der Waals surface area contributed by atoms with Gasteiger partial charge in [0.15, 0.2) is 0 Å². The van der Waals surface area contributed by atoms with Crippen LogP contribution in [0.15, 0.2) is 0 Å². The average molecular weight is 74.2 g/mol. The third kappa shape index (κ3) is 4.00. The van der Waals surface area contributed by atoms with Gasteiger partial charge in [-0.15, -0.1) is 0 Å². The highest BCUT2D eigenvalue weighted by atomic mass is 13.9. The van der Waals surface area contributed by atoms with E-state index in [2.05, 4.69) is 20.8 Å². The van der Waals surface area contributed by atoms with Crippen molar-refractivity contribution in [1.82, 2.24) is 0 Å². The van der Waals surface area contributed by atoms with E-state index >= 15 is 0 Å². The minimum atomic E-state index is 0. The van der Waals surface area contributed by atoms with Crippen LogP contribution < -0.4 is 0 Å². The smallest absolute Gasteiger partial charge is 0 e. The van der Waals surface area contributed by atoms with Crippen LogP contribution in [0.1, 0.15) is 28.6 Å². The molecular formula is C5H14. The number of rotatable bonds is 1. The van der Waals surface area contributed by atoms with Gasteiger partial charge in [0.2, 0.25) is 0 Å². The van der Waals surface area contributed by atoms with Crippen LogP contribution in [-0.2, 0) is 0 Å². The summed E-state index contributed by atoms with van der Waals surface area (Å²) in [5.41, 5.74) is 0. The molecule has 0 rings (SSSR count). The van der Waals surface area contributed by atoms with Crippen molar-refractivity contribution in [1.29, 1.82) is 0 Å². The predicted molar refractivity (Wildman–Crippen MR) is 27.2 cm³/mol. The maximum absolute atomic E-state index is 2.22. The third-order valence-corrected chi connectivity index (χ3v) is 0.816. The van der Waals surface area contributed by atoms with Crippen LogP contribution >= 0.6 is 0 Å². The Labute approximate surface area is 35.7 Å². The summed E-state index contributed by atoms with van der Waals surface area (Å²) in [6, 6.07) is 0. The Morgan fingerprint density at radius 1 is 1.60 bits per heavy atom. The lowest BCUT2D eigenvalue weighted by atomic mass is 10.2. The van der Waals surface area contributed by atoms with Crippen molar-refractivity contribution < 1.29 is 1.43 Å². The number of hydrogen-bond donors (Lipinski definition) is 0. The van der Waals surface area contributed by atoms with Gasteiger partial charge in [0.25, 0.3) is 0 Å². The molecule has 5 heavy (non-hydrogen) atoms. The van der Waals surface area contributed by atoms with Crippen LogP contribution in [-0.4, -0.2) is 0 Å². The van der Waals surface area contributed by atoms with Crippen molar-refractivity contribution in [2.24, 2.45) is 5.92 Å². The fraction of sp³-hybridized carbons (Fsp3) is 1.00. The van der Waals surface area contributed by atoms with Gasteiger partial charge < -0.3 is 0 Å². The van der Waals surface area contributed by atoms with E-state index < -0.39 is 0 Å². The summed E-state index contributed by atoms with van der Waals surface area (Å²) in [6.07, 6.45) is 1.31. The van der Waals surface area contributed by atoms with Crippen molar-refractivity contribution in [3.63, 3.8) is 0 Å². The third-order valence-electron chi connectivity index (χ3n) is 0.816. The highest BCUT2D eigenvalue weighted by Gasteiger charge is 1.80. The van der Waals surface area contributed by atoms with Crippen LogP contribution in [0.2, 0.25) is 0 Å². The molecule has 0 fully saturated rings. The largest absolute Gasteiger partial charge is 0.0651 e. The molecular weight excluding hydrogens is 60.1 g/mol. The molecule has 0 saturated heterocycles. The van der Waals surface area contributed by atoms with Gasteiger partial charge in [-0.1, -0.05) is 27.2 Å². The molecule has 0 aliphatic carbocycles. The fourth-order valence-electron chi connectivity index (χ4n) is 0. The molecule has 0 bridgehead atoms. The molecule has 0 aromatic carbocycles. The van der Waals surface area contributed by atoms with E-state index in [0.717, 1.165) is 5.92 Å². The second-order valence-corrected chi connectivity index (χ2v) is 1.80. The van der Waals surface area contributed by atoms with Crippen LogP contribution in [0, 0.1) is 5.92 Å². The van der Waals surface area contributed by atoms with Gasteiger partial charge in [0, 0.05) is 1.43 Å². The lowest BCUT2D eigenvalue weighted by Crippen LogP contribution is -1.77. The summed E-state index contributed by atoms with van der Waals surface area (Å²) in [5, 5.41) is 0. The molecule has 0 N–H and O–H groups in total. The Morgan fingerprint density at radius 3 is 1.80 bits per heavy atom. The summed E-state index contributed by atoms with van der Waals surface area (Å²) in [7, 11) is 0. The molecule has 0 unspecified atom stereocenters. The van der Waals surface area contributed by atoms with Gasteiger partial charge in [-0.3, -0.25) is 0 Å². The molecule has 0 spiro atoms. The highest BCUT2D eigenvalue weighted by Crippen LogP contribution is 1.93. The molecule has 0 aromatic heterocycles. The van der Waals surface area contributed by atoms with E-state index in [4.69, 9.17) is 0 Å². The monoisotopic (exact) mass is 74.1 g/mol. The molecule has 0 amide bonds. The van der Waals surface area contributed by atoms with Gasteiger partial charge in [-0.25, -0.2) is 0 Å². The van der Waals surface area contributed by atoms with Gasteiger partial charge in [-0.05, 0) is 5.92 Å². The Kier molecular flexibility index (Phi) is 2.25. The zero-order valence-electron chi connectivity index (χ0n) is 4.28. The second kappa shape index (κ2) is 2.25. The quantitative estimate of drug-likeness (QED) is 0.447. The molecule has 0 aromatic rings. The van der Waals surface area contributed by atoms with Crippen LogP contribution in [0.4, 0.5) is 0 Å². The van der Waals surface area contributed by atoms with E-state index in [1.54, 1.807) is 0 Å². The molecule has 0 radical (unpaired) electrons. The lowest BCUT2D eigenvalue weighted by molar-refractivity contribution is 0.626. The Hall–Kier alpha value is 0. The van der Waals surface area contributed by atoms with Gasteiger partial charge in [0.05, 0.1) is 0 Å². The van der Waals surface area contributed by atoms with E-state index in [1.807, 2.05) is 0 Å². The zero-order valence-corrected chi connectivity index (χ0v) is 4.28. The topological polar surface area (TPSA) is 0 Å². The minimum Gasteiger partial charge on any atom is -0.0651 e. The predicted octanol–water partition coefficient (Wildman–Crippen LogP) is 2.30. The molecule has 0 atom stereocenters. The normalized spacial score (nSPS) is 9.60. The van der Waals surface area contributed by atoms with Crippen LogP contribution in [0.5, 0.6) is 0 Å². The fourth-order valence-corrected chi connectivity index (χ4v) is 0. The van der Waals surface area contributed by atoms with Crippen molar-refractivity contribution in [2.45, 2.75) is 27.2 Å². The molecule has 0 heteroatoms. The van der Waals surface area contributed by atoms with Crippen molar-refractivity contribution in [3.05, 3.63) is 0 Å². The van der Waals surface area contributed by atoms with Gasteiger partial charge >= 0.3 is 0 Å². The Balaban J connectivity index is 0. The van der Waals surface area contributed by atoms with Crippen molar-refractivity contribution >= 4 is 0 Å². The van der Waals surface area contributed by atoms with E-state index in [0.29, 0.717) is 0 Å². The average Bonchev–Trinajstić information content (AvgIpc) is 1.38. The highest BCUT2D eigenvalue weighted by molar-refractivity contribution is 4.32. The maximum atomic E-state index is 2.22. The summed E-state index contributed by atoms with van der Waals surface area (Å²) in [6.45, 7) is 6.64. The van der Waals surface area contributed by atoms with E-state index in [-0.39, 0.29) is 1.43 Å². The minimum absolute atomic E-state index is 0. The lowest BCUT2D eigenvalue weighted by Gasteiger charge is -1.90. The van der Waals surface area contributed by atoms with Gasteiger partial charge in [-0.2, -0.15) is 0 Å². The van der Waals surface area contributed by atoms with Crippen LogP contribution in [0.3, 0.4) is 0 Å². The molecule has 0 saturated carbocycles. The standard InChI is InChI=1S/C5H12.H2/c1-4-5(2)3;/h5H,4H2,1-3H3;1H. The SMILES string of the molecule is CCC(C)C.[HH]. The second-order valence-electron chi connectivity index (χ2n) is 1.80. The first-order valence-corrected chi connectivity index (χ1v) is 2.27. The Morgan fingerprint density at radius 2 is 1.80 bits per heavy atom. The van der Waals surface area contributed by atoms with Crippen molar-refractivity contribution in [3.8, 4) is 0 Å². The summed E-state index contributed by atoms with van der Waals surface area (Å²) < 4.78 is 0. The first-order chi connectivity index (χ1) is 2.27. The first kappa shape index (κ1) is 5.00. The summed E-state index contributed by atoms with van der Waals surface area (Å²) >= 11 is 0. The first-order valence-electron chi connectivity index (χ1n) is 2.27. The summed E-state index contributed by atoms with van der Waals surface area (Å²) in [4.78, 5) is 0. The molecule has 0 nitrogen and oxygen atoms in total. The molecule has 0 heterocycles.